The van der Waals surface area contributed by atoms with Gasteiger partial charge < -0.3 is 20.8 Å². The molecule has 0 aliphatic heterocycles. The Morgan fingerprint density at radius 1 is 1.09 bits per heavy atom. The molecule has 0 aliphatic carbocycles. The molecule has 10 heteroatoms. The van der Waals surface area contributed by atoms with Crippen LogP contribution >= 0.6 is 0 Å². The number of anilines is 2. The lowest BCUT2D eigenvalue weighted by Crippen LogP contribution is -2.34. The van der Waals surface area contributed by atoms with Gasteiger partial charge in [0.2, 0.25) is 11.8 Å². The molecule has 182 valence electrons. The van der Waals surface area contributed by atoms with Gasteiger partial charge in [0.25, 0.3) is 0 Å². The van der Waals surface area contributed by atoms with E-state index in [1.807, 2.05) is 18.2 Å². The van der Waals surface area contributed by atoms with E-state index in [1.165, 1.54) is 11.1 Å². The van der Waals surface area contributed by atoms with Crippen molar-refractivity contribution in [3.05, 3.63) is 78.4 Å². The number of para-hydroxylation sites is 1. The number of rotatable bonds is 11. The summed E-state index contributed by atoms with van der Waals surface area (Å²) in [7, 11) is 0. The Morgan fingerprint density at radius 2 is 1.77 bits per heavy atom. The number of carbonyl (C=O) groups is 3. The van der Waals surface area contributed by atoms with E-state index in [1.54, 1.807) is 49.5 Å². The molecule has 0 bridgehead atoms. The van der Waals surface area contributed by atoms with Crippen LogP contribution in [0.5, 0.6) is 0 Å². The predicted molar refractivity (Wildman–Crippen MR) is 131 cm³/mol. The van der Waals surface area contributed by atoms with E-state index < -0.39 is 11.9 Å². The summed E-state index contributed by atoms with van der Waals surface area (Å²) in [5.41, 5.74) is 7.31. The Bertz CT molecular complexity index is 1150. The van der Waals surface area contributed by atoms with Crippen LogP contribution in [0.4, 0.5) is 11.4 Å². The summed E-state index contributed by atoms with van der Waals surface area (Å²) in [5, 5.41) is 10.3. The highest BCUT2D eigenvalue weighted by atomic mass is 16.5. The molecule has 1 heterocycles. The van der Waals surface area contributed by atoms with E-state index in [-0.39, 0.29) is 43.6 Å². The van der Waals surface area contributed by atoms with Crippen LogP contribution in [-0.2, 0) is 19.1 Å². The number of amidine groups is 1. The molecule has 0 spiro atoms. The van der Waals surface area contributed by atoms with Crippen LogP contribution < -0.4 is 16.0 Å². The molecule has 1 atom stereocenters. The minimum atomic E-state index is -0.773. The number of amides is 2. The summed E-state index contributed by atoms with van der Waals surface area (Å²) in [6.07, 6.45) is 2.98. The van der Waals surface area contributed by atoms with Crippen molar-refractivity contribution in [2.75, 3.05) is 18.1 Å². The second-order valence-electron chi connectivity index (χ2n) is 7.61. The Morgan fingerprint density at radius 3 is 2.37 bits per heavy atom. The normalized spacial score (nSPS) is 11.3. The third-order valence-electron chi connectivity index (χ3n) is 5.19. The fourth-order valence-corrected chi connectivity index (χ4v) is 3.44. The lowest BCUT2D eigenvalue weighted by molar-refractivity contribution is -0.145. The van der Waals surface area contributed by atoms with Gasteiger partial charge >= 0.3 is 5.97 Å². The Balaban J connectivity index is 1.66. The molecule has 10 nitrogen and oxygen atoms in total. The monoisotopic (exact) mass is 476 g/mol. The van der Waals surface area contributed by atoms with Crippen molar-refractivity contribution in [3.8, 4) is 0 Å². The number of benzene rings is 2. The highest BCUT2D eigenvalue weighted by Crippen LogP contribution is 2.27. The van der Waals surface area contributed by atoms with E-state index >= 15 is 0 Å². The number of H-pyrrole nitrogens is 1. The first kappa shape index (κ1) is 25.2. The number of hydrogen-bond acceptors (Lipinski definition) is 6. The number of nitrogens with two attached hydrogens (primary N) is 1. The molecular weight excluding hydrogens is 448 g/mol. The third kappa shape index (κ3) is 6.76. The van der Waals surface area contributed by atoms with E-state index in [0.717, 1.165) is 0 Å². The predicted octanol–water partition coefficient (Wildman–Crippen LogP) is 2.60. The molecule has 1 aromatic heterocycles. The number of ether oxygens (including phenoxy) is 1. The largest absolute Gasteiger partial charge is 0.465 e. The van der Waals surface area contributed by atoms with Gasteiger partial charge in [0, 0.05) is 48.7 Å². The molecule has 0 fully saturated rings. The maximum Gasteiger partial charge on any atom is 0.318 e. The lowest BCUT2D eigenvalue weighted by atomic mass is 10.1. The van der Waals surface area contributed by atoms with Crippen LogP contribution in [0.2, 0.25) is 0 Å². The minimum absolute atomic E-state index is 0.00568. The topological polar surface area (TPSA) is 154 Å². The Kier molecular flexibility index (Phi) is 8.71. The van der Waals surface area contributed by atoms with Gasteiger partial charge in [-0.15, -0.1) is 0 Å². The molecule has 35 heavy (non-hydrogen) atoms. The number of aromatic amines is 1. The molecule has 2 aromatic carbocycles. The van der Waals surface area contributed by atoms with E-state index in [4.69, 9.17) is 15.9 Å². The zero-order valence-electron chi connectivity index (χ0n) is 19.4. The van der Waals surface area contributed by atoms with Gasteiger partial charge in [-0.05, 0) is 43.3 Å². The average Bonchev–Trinajstić information content (AvgIpc) is 3.39. The molecule has 0 saturated heterocycles. The second kappa shape index (κ2) is 12.1. The number of carbonyl (C=O) groups excluding carboxylic acids is 3. The standard InChI is InChI=1S/C25H28N6O4/c1-2-35-25(34)20(24-28-14-15-29-24)16-30-21(32)12-13-22(33)31(18-6-4-3-5-7-18)19-10-8-17(9-11-19)23(26)27/h3-11,14-15,20H,2,12-13,16H2,1H3,(H3,26,27)(H,28,29)(H,30,32). The van der Waals surface area contributed by atoms with Crippen LogP contribution in [0, 0.1) is 5.41 Å². The molecule has 2 amide bonds. The number of nitrogens with one attached hydrogen (secondary N) is 3. The fourth-order valence-electron chi connectivity index (χ4n) is 3.44. The number of esters is 1. The molecule has 5 N–H and O–H groups in total. The SMILES string of the molecule is CCOC(=O)C(CNC(=O)CCC(=O)N(c1ccccc1)c1ccc(C(=N)N)cc1)c1ncc[nH]1. The smallest absolute Gasteiger partial charge is 0.318 e. The summed E-state index contributed by atoms with van der Waals surface area (Å²) in [6.45, 7) is 1.91. The van der Waals surface area contributed by atoms with Crippen LogP contribution in [0.3, 0.4) is 0 Å². The molecule has 1 unspecified atom stereocenters. The molecule has 0 radical (unpaired) electrons. The number of nitrogen functional groups attached to an aromatic ring is 1. The highest BCUT2D eigenvalue weighted by Gasteiger charge is 2.25. The number of aromatic nitrogens is 2. The number of nitrogens with zero attached hydrogens (tertiary/aromatic N) is 2. The van der Waals surface area contributed by atoms with E-state index in [2.05, 4.69) is 15.3 Å². The van der Waals surface area contributed by atoms with Crippen molar-refractivity contribution in [1.82, 2.24) is 15.3 Å². The average molecular weight is 477 g/mol. The van der Waals surface area contributed by atoms with Crippen LogP contribution in [0.1, 0.15) is 37.1 Å². The minimum Gasteiger partial charge on any atom is -0.465 e. The van der Waals surface area contributed by atoms with Gasteiger partial charge in [0.1, 0.15) is 17.6 Å². The molecule has 0 saturated carbocycles. The van der Waals surface area contributed by atoms with Gasteiger partial charge in [-0.3, -0.25) is 24.7 Å². The van der Waals surface area contributed by atoms with Gasteiger partial charge in [-0.2, -0.15) is 0 Å². The van der Waals surface area contributed by atoms with Crippen molar-refractivity contribution in [2.24, 2.45) is 5.73 Å². The van der Waals surface area contributed by atoms with Crippen LogP contribution in [0.25, 0.3) is 0 Å². The number of imidazole rings is 1. The zero-order valence-corrected chi connectivity index (χ0v) is 19.4. The lowest BCUT2D eigenvalue weighted by Gasteiger charge is -2.23. The van der Waals surface area contributed by atoms with Gasteiger partial charge in [0.05, 0.1) is 6.61 Å². The Hall–Kier alpha value is -4.47. The first-order valence-electron chi connectivity index (χ1n) is 11.2. The summed E-state index contributed by atoms with van der Waals surface area (Å²) < 4.78 is 5.08. The van der Waals surface area contributed by atoms with Gasteiger partial charge in [0.15, 0.2) is 0 Å². The first-order valence-corrected chi connectivity index (χ1v) is 11.2. The van der Waals surface area contributed by atoms with Crippen LogP contribution in [0.15, 0.2) is 67.0 Å². The van der Waals surface area contributed by atoms with Gasteiger partial charge in [-0.1, -0.05) is 18.2 Å². The highest BCUT2D eigenvalue weighted by molar-refractivity contribution is 6.02. The summed E-state index contributed by atoms with van der Waals surface area (Å²) in [4.78, 5) is 46.4. The quantitative estimate of drug-likeness (QED) is 0.189. The fraction of sp³-hybridized carbons (Fsp3) is 0.240. The first-order chi connectivity index (χ1) is 16.9. The maximum atomic E-state index is 13.2. The summed E-state index contributed by atoms with van der Waals surface area (Å²) >= 11 is 0. The Labute approximate surface area is 203 Å². The maximum absolute atomic E-state index is 13.2. The third-order valence-corrected chi connectivity index (χ3v) is 5.19. The molecule has 3 aromatic rings. The summed E-state index contributed by atoms with van der Waals surface area (Å²) in [6, 6.07) is 15.8. The van der Waals surface area contributed by atoms with Crippen molar-refractivity contribution in [1.29, 1.82) is 5.41 Å². The van der Waals surface area contributed by atoms with Crippen molar-refractivity contribution in [2.45, 2.75) is 25.7 Å². The molecule has 0 aliphatic rings. The van der Waals surface area contributed by atoms with Crippen molar-refractivity contribution in [3.63, 3.8) is 0 Å². The molecule has 3 rings (SSSR count). The van der Waals surface area contributed by atoms with E-state index in [0.29, 0.717) is 22.8 Å². The second-order valence-corrected chi connectivity index (χ2v) is 7.61. The number of hydrogen-bond donors (Lipinski definition) is 4. The van der Waals surface area contributed by atoms with Crippen molar-refractivity contribution < 1.29 is 19.1 Å². The van der Waals surface area contributed by atoms with Gasteiger partial charge in [-0.25, -0.2) is 4.98 Å². The van der Waals surface area contributed by atoms with Crippen molar-refractivity contribution >= 4 is 35.0 Å². The molecular formula is C25H28N6O4. The van der Waals surface area contributed by atoms with E-state index in [9.17, 15) is 14.4 Å². The zero-order chi connectivity index (χ0) is 25.2. The van der Waals surface area contributed by atoms with Crippen LogP contribution in [-0.4, -0.2) is 46.7 Å². The summed E-state index contributed by atoms with van der Waals surface area (Å²) in [5.74, 6) is -1.60.